The van der Waals surface area contributed by atoms with Crippen molar-refractivity contribution in [2.24, 2.45) is 5.92 Å². The van der Waals surface area contributed by atoms with Gasteiger partial charge in [0.25, 0.3) is 0 Å². The zero-order valence-electron chi connectivity index (χ0n) is 10.4. The highest BCUT2D eigenvalue weighted by molar-refractivity contribution is 5.81. The SMILES string of the molecule is CC(=O)C(C1CCN(C)C1)N1CCNCC1. The van der Waals surface area contributed by atoms with Crippen molar-refractivity contribution in [2.75, 3.05) is 46.3 Å². The van der Waals surface area contributed by atoms with Crippen LogP contribution >= 0.6 is 0 Å². The summed E-state index contributed by atoms with van der Waals surface area (Å²) in [7, 11) is 2.15. The van der Waals surface area contributed by atoms with Crippen LogP contribution in [-0.4, -0.2) is 67.9 Å². The number of hydrogen-bond acceptors (Lipinski definition) is 4. The maximum absolute atomic E-state index is 11.9. The molecule has 0 radical (unpaired) electrons. The Balaban J connectivity index is 2.01. The van der Waals surface area contributed by atoms with E-state index in [4.69, 9.17) is 0 Å². The van der Waals surface area contributed by atoms with E-state index < -0.39 is 0 Å². The molecule has 0 bridgehead atoms. The van der Waals surface area contributed by atoms with Gasteiger partial charge >= 0.3 is 0 Å². The minimum Gasteiger partial charge on any atom is -0.314 e. The maximum atomic E-state index is 11.9. The Kier molecular flexibility index (Phi) is 3.95. The van der Waals surface area contributed by atoms with Crippen LogP contribution in [0.4, 0.5) is 0 Å². The number of ketones is 1. The van der Waals surface area contributed by atoms with Crippen LogP contribution in [0.3, 0.4) is 0 Å². The third kappa shape index (κ3) is 2.62. The fourth-order valence-corrected chi connectivity index (χ4v) is 3.07. The van der Waals surface area contributed by atoms with Gasteiger partial charge in [-0.25, -0.2) is 0 Å². The summed E-state index contributed by atoms with van der Waals surface area (Å²) >= 11 is 0. The molecule has 4 heteroatoms. The molecule has 92 valence electrons. The molecule has 2 saturated heterocycles. The van der Waals surface area contributed by atoms with E-state index in [9.17, 15) is 4.79 Å². The summed E-state index contributed by atoms with van der Waals surface area (Å²) in [5.74, 6) is 0.891. The average molecular weight is 225 g/mol. The maximum Gasteiger partial charge on any atom is 0.147 e. The van der Waals surface area contributed by atoms with Crippen molar-refractivity contribution in [3.05, 3.63) is 0 Å². The van der Waals surface area contributed by atoms with Crippen molar-refractivity contribution in [1.29, 1.82) is 0 Å². The van der Waals surface area contributed by atoms with Crippen LogP contribution in [0.2, 0.25) is 0 Å². The second-order valence-corrected chi connectivity index (χ2v) is 5.15. The molecular weight excluding hydrogens is 202 g/mol. The van der Waals surface area contributed by atoms with Gasteiger partial charge in [0.2, 0.25) is 0 Å². The Bertz CT molecular complexity index is 246. The molecule has 0 saturated carbocycles. The number of carbonyl (C=O) groups excluding carboxylic acids is 1. The van der Waals surface area contributed by atoms with E-state index in [2.05, 4.69) is 22.2 Å². The summed E-state index contributed by atoms with van der Waals surface area (Å²) in [6, 6.07) is 0.159. The van der Waals surface area contributed by atoms with Crippen molar-refractivity contribution in [3.8, 4) is 0 Å². The van der Waals surface area contributed by atoms with E-state index in [-0.39, 0.29) is 6.04 Å². The van der Waals surface area contributed by atoms with Crippen molar-refractivity contribution >= 4 is 5.78 Å². The topological polar surface area (TPSA) is 35.6 Å². The standard InChI is InChI=1S/C12H23N3O/c1-10(16)12(11-3-6-14(2)9-11)15-7-4-13-5-8-15/h11-13H,3-9H2,1-2H3. The number of piperazine rings is 1. The quantitative estimate of drug-likeness (QED) is 0.721. The molecule has 2 aliphatic heterocycles. The predicted octanol–water partition coefficient (Wildman–Crippen LogP) is -0.199. The number of nitrogens with one attached hydrogen (secondary N) is 1. The van der Waals surface area contributed by atoms with Crippen LogP contribution in [0.1, 0.15) is 13.3 Å². The number of rotatable bonds is 3. The van der Waals surface area contributed by atoms with Crippen LogP contribution in [-0.2, 0) is 4.79 Å². The second-order valence-electron chi connectivity index (χ2n) is 5.15. The van der Waals surface area contributed by atoms with Crippen molar-refractivity contribution in [3.63, 3.8) is 0 Å². The largest absolute Gasteiger partial charge is 0.314 e. The van der Waals surface area contributed by atoms with Gasteiger partial charge in [0, 0.05) is 32.7 Å². The molecule has 2 unspecified atom stereocenters. The third-order valence-corrected chi connectivity index (χ3v) is 3.84. The molecule has 2 aliphatic rings. The van der Waals surface area contributed by atoms with Crippen LogP contribution in [0, 0.1) is 5.92 Å². The Morgan fingerprint density at radius 2 is 2.00 bits per heavy atom. The molecule has 2 fully saturated rings. The van der Waals surface area contributed by atoms with E-state index in [1.165, 1.54) is 6.42 Å². The summed E-state index contributed by atoms with van der Waals surface area (Å²) in [4.78, 5) is 16.6. The first-order valence-corrected chi connectivity index (χ1v) is 6.32. The molecular formula is C12H23N3O. The van der Waals surface area contributed by atoms with Gasteiger partial charge in [-0.15, -0.1) is 0 Å². The Hall–Kier alpha value is -0.450. The Morgan fingerprint density at radius 3 is 2.50 bits per heavy atom. The first-order valence-electron chi connectivity index (χ1n) is 6.32. The monoisotopic (exact) mass is 225 g/mol. The molecule has 1 N–H and O–H groups in total. The van der Waals surface area contributed by atoms with Crippen molar-refractivity contribution < 1.29 is 4.79 Å². The van der Waals surface area contributed by atoms with Gasteiger partial charge in [-0.1, -0.05) is 0 Å². The molecule has 0 spiro atoms. The number of hydrogen-bond donors (Lipinski definition) is 1. The summed E-state index contributed by atoms with van der Waals surface area (Å²) in [5, 5.41) is 3.34. The summed E-state index contributed by atoms with van der Waals surface area (Å²) in [6.45, 7) is 8.05. The molecule has 0 aliphatic carbocycles. The normalized spacial score (nSPS) is 30.5. The van der Waals surface area contributed by atoms with Crippen molar-refractivity contribution in [2.45, 2.75) is 19.4 Å². The summed E-state index contributed by atoms with van der Waals surface area (Å²) < 4.78 is 0. The van der Waals surface area contributed by atoms with E-state index in [1.807, 2.05) is 0 Å². The molecule has 2 rings (SSSR count). The number of Topliss-reactive ketones (excluding diaryl/α,β-unsaturated/α-hetero) is 1. The molecule has 2 heterocycles. The Labute approximate surface area is 98.0 Å². The first kappa shape index (κ1) is 12.0. The number of nitrogens with zero attached hydrogens (tertiary/aromatic N) is 2. The third-order valence-electron chi connectivity index (χ3n) is 3.84. The Morgan fingerprint density at radius 1 is 1.31 bits per heavy atom. The highest BCUT2D eigenvalue weighted by Gasteiger charge is 2.35. The first-order chi connectivity index (χ1) is 7.68. The van der Waals surface area contributed by atoms with Crippen molar-refractivity contribution in [1.82, 2.24) is 15.1 Å². The summed E-state index contributed by atoms with van der Waals surface area (Å²) in [5.41, 5.74) is 0. The molecule has 4 nitrogen and oxygen atoms in total. The van der Waals surface area contributed by atoms with Gasteiger partial charge in [-0.3, -0.25) is 9.69 Å². The molecule has 0 aromatic rings. The van der Waals surface area contributed by atoms with Gasteiger partial charge in [0.05, 0.1) is 6.04 Å². The van der Waals surface area contributed by atoms with E-state index in [0.29, 0.717) is 11.7 Å². The van der Waals surface area contributed by atoms with Crippen LogP contribution in [0.25, 0.3) is 0 Å². The highest BCUT2D eigenvalue weighted by Crippen LogP contribution is 2.23. The van der Waals surface area contributed by atoms with E-state index in [1.54, 1.807) is 6.92 Å². The van der Waals surface area contributed by atoms with Gasteiger partial charge in [0.15, 0.2) is 0 Å². The zero-order chi connectivity index (χ0) is 11.5. The molecule has 0 amide bonds. The lowest BCUT2D eigenvalue weighted by Crippen LogP contribution is -2.53. The van der Waals surface area contributed by atoms with Gasteiger partial charge in [-0.05, 0) is 32.9 Å². The van der Waals surface area contributed by atoms with Gasteiger partial charge in [-0.2, -0.15) is 0 Å². The molecule has 0 aromatic carbocycles. The molecule has 0 aromatic heterocycles. The van der Waals surface area contributed by atoms with Crippen LogP contribution in [0.15, 0.2) is 0 Å². The smallest absolute Gasteiger partial charge is 0.147 e. The summed E-state index contributed by atoms with van der Waals surface area (Å²) in [6.07, 6.45) is 1.17. The lowest BCUT2D eigenvalue weighted by Gasteiger charge is -2.36. The second kappa shape index (κ2) is 5.25. The highest BCUT2D eigenvalue weighted by atomic mass is 16.1. The van der Waals surface area contributed by atoms with Gasteiger partial charge in [0.1, 0.15) is 5.78 Å². The fourth-order valence-electron chi connectivity index (χ4n) is 3.07. The van der Waals surface area contributed by atoms with E-state index in [0.717, 1.165) is 39.3 Å². The van der Waals surface area contributed by atoms with Crippen LogP contribution in [0.5, 0.6) is 0 Å². The van der Waals surface area contributed by atoms with E-state index >= 15 is 0 Å². The number of carbonyl (C=O) groups is 1. The minimum absolute atomic E-state index is 0.159. The predicted molar refractivity (Wildman–Crippen MR) is 64.5 cm³/mol. The average Bonchev–Trinajstić information content (AvgIpc) is 2.66. The number of likely N-dealkylation sites (tertiary alicyclic amines) is 1. The fraction of sp³-hybridized carbons (Fsp3) is 0.917. The van der Waals surface area contributed by atoms with Gasteiger partial charge < -0.3 is 10.2 Å². The molecule has 2 atom stereocenters. The molecule has 16 heavy (non-hydrogen) atoms. The lowest BCUT2D eigenvalue weighted by molar-refractivity contribution is -0.124. The lowest BCUT2D eigenvalue weighted by atomic mass is 9.93. The minimum atomic E-state index is 0.159. The van der Waals surface area contributed by atoms with Crippen LogP contribution < -0.4 is 5.32 Å². The zero-order valence-corrected chi connectivity index (χ0v) is 10.4.